The summed E-state index contributed by atoms with van der Waals surface area (Å²) in [5.74, 6) is -1.08. The largest absolute Gasteiger partial charge is 0.550 e. The number of pyridine rings is 1. The molecule has 3 heteroatoms. The fourth-order valence-electron chi connectivity index (χ4n) is 1.06. The molecule has 0 saturated carbocycles. The van der Waals surface area contributed by atoms with E-state index in [1.807, 2.05) is 12.2 Å². The summed E-state index contributed by atoms with van der Waals surface area (Å²) in [6, 6.07) is 4.20. The van der Waals surface area contributed by atoms with Crippen LogP contribution >= 0.6 is 0 Å². The van der Waals surface area contributed by atoms with Crippen LogP contribution in [0.5, 0.6) is 0 Å². The van der Waals surface area contributed by atoms with Crippen molar-refractivity contribution in [3.8, 4) is 0 Å². The van der Waals surface area contributed by atoms with Gasteiger partial charge in [-0.25, -0.2) is 4.57 Å². The number of aromatic nitrogens is 1. The van der Waals surface area contributed by atoms with Crippen LogP contribution in [-0.4, -0.2) is 5.97 Å². The van der Waals surface area contributed by atoms with Crippen LogP contribution < -0.4 is 9.67 Å². The van der Waals surface area contributed by atoms with Crippen molar-refractivity contribution in [3.63, 3.8) is 0 Å². The molecule has 0 fully saturated rings. The molecule has 0 unspecified atom stereocenters. The molecule has 0 radical (unpaired) electrons. The lowest BCUT2D eigenvalue weighted by Gasteiger charge is -1.94. The highest BCUT2D eigenvalue weighted by Gasteiger charge is 1.95. The van der Waals surface area contributed by atoms with Crippen molar-refractivity contribution in [2.45, 2.75) is 19.9 Å². The van der Waals surface area contributed by atoms with E-state index in [9.17, 15) is 0 Å². The molecule has 0 amide bonds. The molecule has 0 bridgehead atoms. The van der Waals surface area contributed by atoms with Crippen LogP contribution in [0.4, 0.5) is 0 Å². The first-order valence-electron chi connectivity index (χ1n) is 4.97. The number of hydrogen-bond acceptors (Lipinski definition) is 2. The summed E-state index contributed by atoms with van der Waals surface area (Å²) in [5.41, 5.74) is 1.30. The van der Waals surface area contributed by atoms with Crippen LogP contribution in [-0.2, 0) is 17.8 Å². The first-order chi connectivity index (χ1) is 7.60. The number of rotatable bonds is 4. The molecule has 0 aromatic carbocycles. The average Bonchev–Trinajstić information content (AvgIpc) is 2.21. The van der Waals surface area contributed by atoms with Gasteiger partial charge in [0.15, 0.2) is 18.9 Å². The zero-order valence-electron chi connectivity index (χ0n) is 9.56. The third kappa shape index (κ3) is 7.50. The highest BCUT2D eigenvalue weighted by molar-refractivity contribution is 5.60. The third-order valence-corrected chi connectivity index (χ3v) is 1.68. The highest BCUT2D eigenvalue weighted by Crippen LogP contribution is 1.96. The second kappa shape index (κ2) is 8.41. The lowest BCUT2D eigenvalue weighted by atomic mass is 10.2. The summed E-state index contributed by atoms with van der Waals surface area (Å²) in [5, 5.41) is 8.89. The van der Waals surface area contributed by atoms with Gasteiger partial charge in [0.2, 0.25) is 0 Å². The van der Waals surface area contributed by atoms with Crippen molar-refractivity contribution >= 4 is 5.97 Å². The Labute approximate surface area is 96.4 Å². The Bertz CT molecular complexity index is 308. The maximum atomic E-state index is 8.89. The van der Waals surface area contributed by atoms with Crippen LogP contribution in [0.2, 0.25) is 0 Å². The van der Waals surface area contributed by atoms with Crippen molar-refractivity contribution in [2.75, 3.05) is 0 Å². The number of carbonyl (C=O) groups excluding carboxylic acids is 1. The molecule has 0 saturated heterocycles. The lowest BCUT2D eigenvalue weighted by molar-refractivity contribution is -0.687. The van der Waals surface area contributed by atoms with Gasteiger partial charge in [-0.2, -0.15) is 0 Å². The monoisotopic (exact) mass is 219 g/mol. The van der Waals surface area contributed by atoms with Crippen molar-refractivity contribution in [1.82, 2.24) is 0 Å². The van der Waals surface area contributed by atoms with Crippen molar-refractivity contribution in [1.29, 1.82) is 0 Å². The van der Waals surface area contributed by atoms with E-state index in [0.717, 1.165) is 19.9 Å². The molecular formula is C13H17NO2. The fourth-order valence-corrected chi connectivity index (χ4v) is 1.06. The van der Waals surface area contributed by atoms with Crippen molar-refractivity contribution in [2.24, 2.45) is 0 Å². The molecule has 0 spiro atoms. The van der Waals surface area contributed by atoms with Gasteiger partial charge in [0.25, 0.3) is 0 Å². The smallest absolute Gasteiger partial charge is 0.169 e. The summed E-state index contributed by atoms with van der Waals surface area (Å²) in [6.07, 6.45) is 8.84. The molecule has 1 rings (SSSR count). The first-order valence-corrected chi connectivity index (χ1v) is 4.97. The maximum absolute atomic E-state index is 8.89. The van der Waals surface area contributed by atoms with E-state index in [1.165, 1.54) is 5.56 Å². The molecule has 86 valence electrons. The topological polar surface area (TPSA) is 44.0 Å². The summed E-state index contributed by atoms with van der Waals surface area (Å²) in [7, 11) is 0. The SMILES string of the molecule is C=CCc1cc[n+](CC=C)cc1.CC(=O)[O-]. The summed E-state index contributed by atoms with van der Waals surface area (Å²) >= 11 is 0. The van der Waals surface area contributed by atoms with Gasteiger partial charge in [0.05, 0.1) is 0 Å². The third-order valence-electron chi connectivity index (χ3n) is 1.68. The molecule has 16 heavy (non-hydrogen) atoms. The van der Waals surface area contributed by atoms with Gasteiger partial charge in [0, 0.05) is 18.1 Å². The minimum Gasteiger partial charge on any atom is -0.550 e. The normalized spacial score (nSPS) is 8.56. The predicted octanol–water partition coefficient (Wildman–Crippen LogP) is 0.645. The van der Waals surface area contributed by atoms with Crippen LogP contribution in [0, 0.1) is 0 Å². The Balaban J connectivity index is 0.000000487. The second-order valence-corrected chi connectivity index (χ2v) is 3.18. The first kappa shape index (κ1) is 14.1. The molecule has 3 nitrogen and oxygen atoms in total. The molecule has 1 aromatic heterocycles. The van der Waals surface area contributed by atoms with E-state index < -0.39 is 5.97 Å². The Kier molecular flexibility index (Phi) is 7.41. The Hall–Kier alpha value is -1.90. The molecule has 0 aliphatic heterocycles. The number of carboxylic acid groups (broad SMARTS) is 1. The highest BCUT2D eigenvalue weighted by atomic mass is 16.4. The molecule has 0 N–H and O–H groups in total. The van der Waals surface area contributed by atoms with E-state index in [-0.39, 0.29) is 0 Å². The number of carbonyl (C=O) groups is 1. The summed E-state index contributed by atoms with van der Waals surface area (Å²) < 4.78 is 2.08. The number of aliphatic carboxylic acids is 1. The number of carboxylic acids is 1. The van der Waals surface area contributed by atoms with Gasteiger partial charge in [-0.3, -0.25) is 0 Å². The molecule has 1 aromatic rings. The quantitative estimate of drug-likeness (QED) is 0.551. The van der Waals surface area contributed by atoms with Crippen LogP contribution in [0.25, 0.3) is 0 Å². The van der Waals surface area contributed by atoms with Gasteiger partial charge in [0.1, 0.15) is 0 Å². The minimum absolute atomic E-state index is 0.869. The molecular weight excluding hydrogens is 202 g/mol. The number of hydrogen-bond donors (Lipinski definition) is 0. The second-order valence-electron chi connectivity index (χ2n) is 3.18. The molecule has 0 aliphatic rings. The minimum atomic E-state index is -1.08. The summed E-state index contributed by atoms with van der Waals surface area (Å²) in [6.45, 7) is 9.21. The van der Waals surface area contributed by atoms with E-state index in [4.69, 9.17) is 9.90 Å². The Morgan fingerprint density at radius 1 is 1.38 bits per heavy atom. The molecule has 0 aliphatic carbocycles. The maximum Gasteiger partial charge on any atom is 0.169 e. The van der Waals surface area contributed by atoms with Gasteiger partial charge >= 0.3 is 0 Å². The van der Waals surface area contributed by atoms with E-state index in [2.05, 4.69) is 42.3 Å². The van der Waals surface area contributed by atoms with Crippen LogP contribution in [0.15, 0.2) is 49.8 Å². The van der Waals surface area contributed by atoms with E-state index in [1.54, 1.807) is 0 Å². The van der Waals surface area contributed by atoms with Crippen LogP contribution in [0.3, 0.4) is 0 Å². The summed E-state index contributed by atoms with van der Waals surface area (Å²) in [4.78, 5) is 8.89. The van der Waals surface area contributed by atoms with E-state index >= 15 is 0 Å². The fraction of sp³-hybridized carbons (Fsp3) is 0.231. The zero-order chi connectivity index (χ0) is 12.4. The lowest BCUT2D eigenvalue weighted by Crippen LogP contribution is -2.31. The van der Waals surface area contributed by atoms with Gasteiger partial charge < -0.3 is 9.90 Å². The van der Waals surface area contributed by atoms with Gasteiger partial charge in [-0.1, -0.05) is 12.7 Å². The Morgan fingerprint density at radius 3 is 2.25 bits per heavy atom. The molecule has 1 heterocycles. The molecule has 0 atom stereocenters. The van der Waals surface area contributed by atoms with Crippen molar-refractivity contribution in [3.05, 3.63) is 55.4 Å². The Morgan fingerprint density at radius 2 is 1.88 bits per heavy atom. The number of allylic oxidation sites excluding steroid dienone is 2. The van der Waals surface area contributed by atoms with Crippen molar-refractivity contribution < 1.29 is 14.5 Å². The zero-order valence-corrected chi connectivity index (χ0v) is 9.56. The van der Waals surface area contributed by atoms with Gasteiger partial charge in [-0.05, 0) is 25.0 Å². The average molecular weight is 219 g/mol. The standard InChI is InChI=1S/C11H14N.C2H4O2/c1-3-5-11-6-9-12(8-4-2)10-7-11;1-2(3)4/h3-4,6-7,9-10H,1-2,5,8H2;1H3,(H,3,4)/q+1;/p-1. The number of nitrogens with zero attached hydrogens (tertiary/aromatic N) is 1. The predicted molar refractivity (Wildman–Crippen MR) is 61.4 cm³/mol. The van der Waals surface area contributed by atoms with Gasteiger partial charge in [-0.15, -0.1) is 6.58 Å². The van der Waals surface area contributed by atoms with E-state index in [0.29, 0.717) is 0 Å². The van der Waals surface area contributed by atoms with Crippen LogP contribution in [0.1, 0.15) is 12.5 Å².